The molecule has 0 aliphatic rings. The van der Waals surface area contributed by atoms with E-state index in [9.17, 15) is 14.4 Å². The molecule has 4 N–H and O–H groups in total. The van der Waals surface area contributed by atoms with Gasteiger partial charge >= 0.3 is 11.9 Å². The first-order valence-corrected chi connectivity index (χ1v) is 11.2. The number of hydrogen-bond donors (Lipinski definition) is 3. The Balaban J connectivity index is 0.00000544. The van der Waals surface area contributed by atoms with Gasteiger partial charge in [0, 0.05) is 29.9 Å². The molecule has 2 aromatic rings. The first-order valence-electron chi connectivity index (χ1n) is 11.2. The summed E-state index contributed by atoms with van der Waals surface area (Å²) in [5.41, 5.74) is 7.64. The third-order valence-corrected chi connectivity index (χ3v) is 5.16. The average Bonchev–Trinajstić information content (AvgIpc) is 3.17. The fourth-order valence-corrected chi connectivity index (χ4v) is 3.40. The van der Waals surface area contributed by atoms with Gasteiger partial charge in [-0.25, -0.2) is 4.79 Å². The van der Waals surface area contributed by atoms with Crippen molar-refractivity contribution >= 4 is 41.2 Å². The van der Waals surface area contributed by atoms with Crippen molar-refractivity contribution in [1.29, 1.82) is 0 Å². The third kappa shape index (κ3) is 9.43. The molecule has 1 aromatic carbocycles. The van der Waals surface area contributed by atoms with Crippen LogP contribution < -0.4 is 11.1 Å². The minimum Gasteiger partial charge on any atom is -0.465 e. The first-order chi connectivity index (χ1) is 15.3. The summed E-state index contributed by atoms with van der Waals surface area (Å²) < 4.78 is 10.3. The van der Waals surface area contributed by atoms with Crippen LogP contribution in [0.15, 0.2) is 30.5 Å². The molecule has 184 valence electrons. The Kier molecular flexibility index (Phi) is 12.5. The highest BCUT2D eigenvalue weighted by Gasteiger charge is 2.25. The lowest BCUT2D eigenvalue weighted by Crippen LogP contribution is -2.44. The number of benzene rings is 1. The number of esters is 2. The van der Waals surface area contributed by atoms with Crippen LogP contribution in [-0.2, 0) is 30.3 Å². The Morgan fingerprint density at radius 2 is 1.82 bits per heavy atom. The molecule has 0 saturated heterocycles. The van der Waals surface area contributed by atoms with Gasteiger partial charge in [-0.1, -0.05) is 32.0 Å². The highest BCUT2D eigenvalue weighted by Crippen LogP contribution is 2.19. The van der Waals surface area contributed by atoms with Crippen LogP contribution in [0.5, 0.6) is 0 Å². The number of rotatable bonds is 13. The minimum atomic E-state index is -0.879. The number of hydrogen-bond acceptors (Lipinski definition) is 6. The van der Waals surface area contributed by atoms with Gasteiger partial charge in [0.2, 0.25) is 5.91 Å². The molecule has 2 rings (SSSR count). The Hall–Kier alpha value is -2.58. The van der Waals surface area contributed by atoms with E-state index in [0.717, 1.165) is 29.3 Å². The molecule has 0 aliphatic carbocycles. The Morgan fingerprint density at radius 3 is 2.52 bits per heavy atom. The van der Waals surface area contributed by atoms with Gasteiger partial charge in [0.1, 0.15) is 12.1 Å². The molecule has 1 heterocycles. The van der Waals surface area contributed by atoms with Gasteiger partial charge in [0.25, 0.3) is 0 Å². The Labute approximate surface area is 201 Å². The topological polar surface area (TPSA) is 124 Å². The smallest absolute Gasteiger partial charge is 0.328 e. The number of para-hydroxylation sites is 1. The summed E-state index contributed by atoms with van der Waals surface area (Å²) in [6, 6.07) is 6.06. The second-order valence-corrected chi connectivity index (χ2v) is 8.28. The molecule has 0 radical (unpaired) electrons. The summed E-state index contributed by atoms with van der Waals surface area (Å²) in [6.07, 6.45) is 4.00. The summed E-state index contributed by atoms with van der Waals surface area (Å²) in [6.45, 7) is 6.46. The van der Waals surface area contributed by atoms with E-state index in [1.807, 2.05) is 30.5 Å². The van der Waals surface area contributed by atoms with Crippen LogP contribution in [0.4, 0.5) is 0 Å². The van der Waals surface area contributed by atoms with Crippen molar-refractivity contribution in [2.24, 2.45) is 11.7 Å². The maximum atomic E-state index is 12.8. The zero-order valence-electron chi connectivity index (χ0n) is 19.6. The van der Waals surface area contributed by atoms with Crippen LogP contribution in [0.1, 0.15) is 52.0 Å². The molecule has 0 unspecified atom stereocenters. The number of nitrogens with one attached hydrogen (secondary N) is 2. The van der Waals surface area contributed by atoms with Crippen molar-refractivity contribution in [3.05, 3.63) is 36.0 Å². The Bertz CT molecular complexity index is 899. The second-order valence-electron chi connectivity index (χ2n) is 8.28. The van der Waals surface area contributed by atoms with E-state index in [2.05, 4.69) is 24.1 Å². The fourth-order valence-electron chi connectivity index (χ4n) is 3.40. The van der Waals surface area contributed by atoms with E-state index in [4.69, 9.17) is 15.2 Å². The molecule has 2 atom stereocenters. The van der Waals surface area contributed by atoms with Crippen molar-refractivity contribution in [3.8, 4) is 0 Å². The van der Waals surface area contributed by atoms with Crippen LogP contribution in [0.3, 0.4) is 0 Å². The zero-order valence-corrected chi connectivity index (χ0v) is 20.4. The molecular weight excluding hydrogens is 446 g/mol. The quantitative estimate of drug-likeness (QED) is 0.298. The van der Waals surface area contributed by atoms with Gasteiger partial charge in [-0.3, -0.25) is 9.59 Å². The largest absolute Gasteiger partial charge is 0.465 e. The third-order valence-electron chi connectivity index (χ3n) is 5.16. The molecular formula is C24H36ClN3O5. The molecule has 0 aliphatic heterocycles. The number of H-pyrrole nitrogens is 1. The van der Waals surface area contributed by atoms with Crippen molar-refractivity contribution in [3.63, 3.8) is 0 Å². The number of halogens is 1. The Morgan fingerprint density at radius 1 is 1.09 bits per heavy atom. The maximum Gasteiger partial charge on any atom is 0.328 e. The van der Waals surface area contributed by atoms with E-state index in [1.54, 1.807) is 6.92 Å². The first kappa shape index (κ1) is 28.5. The number of carbonyl (C=O) groups is 3. The normalized spacial score (nSPS) is 12.6. The standard InChI is InChI=1S/C24H35N3O5.ClH/c1-4-31-23(29)19(25)11-12-22(28)27-21(24(30)32-13-7-8-16(2)3)14-17-15-26-20-10-6-5-9-18(17)20;/h5-6,9-10,15-16,19,21,26H,4,7-8,11-14,25H2,1-3H3,(H,27,28);1H/t19-,21+;/m1./s1. The average molecular weight is 482 g/mol. The number of nitrogens with two attached hydrogens (primary N) is 1. The molecule has 0 fully saturated rings. The van der Waals surface area contributed by atoms with Crippen LogP contribution >= 0.6 is 12.4 Å². The molecule has 1 amide bonds. The monoisotopic (exact) mass is 481 g/mol. The van der Waals surface area contributed by atoms with Gasteiger partial charge in [0.15, 0.2) is 0 Å². The van der Waals surface area contributed by atoms with Gasteiger partial charge in [0.05, 0.1) is 13.2 Å². The van der Waals surface area contributed by atoms with Crippen molar-refractivity contribution in [2.75, 3.05) is 13.2 Å². The summed E-state index contributed by atoms with van der Waals surface area (Å²) in [5.74, 6) is -0.852. The molecule has 1 aromatic heterocycles. The van der Waals surface area contributed by atoms with Gasteiger partial charge in [-0.05, 0) is 43.7 Å². The second kappa shape index (κ2) is 14.5. The van der Waals surface area contributed by atoms with Crippen molar-refractivity contribution in [1.82, 2.24) is 10.3 Å². The van der Waals surface area contributed by atoms with Crippen LogP contribution in [0.25, 0.3) is 10.9 Å². The maximum absolute atomic E-state index is 12.8. The summed E-state index contributed by atoms with van der Waals surface area (Å²) in [4.78, 5) is 40.1. The van der Waals surface area contributed by atoms with E-state index >= 15 is 0 Å². The van der Waals surface area contributed by atoms with Crippen molar-refractivity contribution in [2.45, 2.75) is 65.0 Å². The number of carbonyl (C=O) groups excluding carboxylic acids is 3. The molecule has 33 heavy (non-hydrogen) atoms. The fraction of sp³-hybridized carbons (Fsp3) is 0.542. The molecule has 8 nitrogen and oxygen atoms in total. The van der Waals surface area contributed by atoms with Gasteiger partial charge in [-0.15, -0.1) is 12.4 Å². The van der Waals surface area contributed by atoms with E-state index < -0.39 is 24.0 Å². The summed E-state index contributed by atoms with van der Waals surface area (Å²) >= 11 is 0. The molecule has 9 heteroatoms. The molecule has 0 bridgehead atoms. The molecule has 0 spiro atoms. The van der Waals surface area contributed by atoms with Crippen molar-refractivity contribution < 1.29 is 23.9 Å². The highest BCUT2D eigenvalue weighted by molar-refractivity contribution is 5.87. The minimum absolute atomic E-state index is 0. The van der Waals surface area contributed by atoms with E-state index in [-0.39, 0.29) is 37.8 Å². The highest BCUT2D eigenvalue weighted by atomic mass is 35.5. The number of ether oxygens (including phenoxy) is 2. The SMILES string of the molecule is CCOC(=O)[C@H](N)CCC(=O)N[C@@H](Cc1c[nH]c2ccccc12)C(=O)OCCCC(C)C.Cl. The lowest BCUT2D eigenvalue weighted by molar-refractivity contribution is -0.148. The molecule has 0 saturated carbocycles. The lowest BCUT2D eigenvalue weighted by atomic mass is 10.0. The number of amides is 1. The van der Waals surface area contributed by atoms with E-state index in [1.165, 1.54) is 0 Å². The predicted octanol–water partition coefficient (Wildman–Crippen LogP) is 3.27. The summed E-state index contributed by atoms with van der Waals surface area (Å²) in [7, 11) is 0. The van der Waals surface area contributed by atoms with E-state index in [0.29, 0.717) is 18.9 Å². The van der Waals surface area contributed by atoms with Gasteiger partial charge < -0.3 is 25.5 Å². The van der Waals surface area contributed by atoms with Gasteiger partial charge in [-0.2, -0.15) is 0 Å². The van der Waals surface area contributed by atoms with Crippen LogP contribution in [0, 0.1) is 5.92 Å². The predicted molar refractivity (Wildman–Crippen MR) is 130 cm³/mol. The lowest BCUT2D eigenvalue weighted by Gasteiger charge is -2.18. The number of fused-ring (bicyclic) bond motifs is 1. The number of aromatic amines is 1. The summed E-state index contributed by atoms with van der Waals surface area (Å²) in [5, 5.41) is 3.75. The van der Waals surface area contributed by atoms with Crippen LogP contribution in [-0.4, -0.2) is 48.1 Å². The zero-order chi connectivity index (χ0) is 23.5. The van der Waals surface area contributed by atoms with Crippen LogP contribution in [0.2, 0.25) is 0 Å². The number of aromatic nitrogens is 1.